The van der Waals surface area contributed by atoms with E-state index in [-0.39, 0.29) is 0 Å². The predicted molar refractivity (Wildman–Crippen MR) is 90.5 cm³/mol. The minimum absolute atomic E-state index is 0.472. The highest BCUT2D eigenvalue weighted by Gasteiger charge is 2.13. The van der Waals surface area contributed by atoms with Gasteiger partial charge in [0.1, 0.15) is 5.15 Å². The lowest BCUT2D eigenvalue weighted by molar-refractivity contribution is 0.632. The van der Waals surface area contributed by atoms with Gasteiger partial charge in [-0.05, 0) is 46.7 Å². The Morgan fingerprint density at radius 2 is 1.85 bits per heavy atom. The average molecular weight is 372 g/mol. The fourth-order valence-electron chi connectivity index (χ4n) is 1.85. The molecule has 0 N–H and O–H groups in total. The smallest absolute Gasteiger partial charge is 0.161 e. The maximum Gasteiger partial charge on any atom is 0.161 e. The Morgan fingerprint density at radius 1 is 1.20 bits per heavy atom. The van der Waals surface area contributed by atoms with Gasteiger partial charge < -0.3 is 0 Å². The first-order valence-electron chi connectivity index (χ1n) is 6.37. The summed E-state index contributed by atoms with van der Waals surface area (Å²) < 4.78 is 0.803. The molecule has 0 unspecified atom stereocenters. The number of hydrogen-bond donors (Lipinski definition) is 0. The van der Waals surface area contributed by atoms with E-state index >= 15 is 0 Å². The third-order valence-electron chi connectivity index (χ3n) is 2.83. The average Bonchev–Trinajstić information content (AvgIpc) is 2.43. The summed E-state index contributed by atoms with van der Waals surface area (Å²) >= 11 is 11.4. The molecule has 106 valence electrons. The lowest BCUT2D eigenvalue weighted by atomic mass is 10.1. The maximum absolute atomic E-state index is 6.21. The zero-order valence-corrected chi connectivity index (χ0v) is 14.8. The molecule has 2 nitrogen and oxygen atoms in total. The molecule has 0 amide bonds. The van der Waals surface area contributed by atoms with Gasteiger partial charge in [-0.25, -0.2) is 9.97 Å². The summed E-state index contributed by atoms with van der Waals surface area (Å²) in [4.78, 5) is 10.2. The zero-order chi connectivity index (χ0) is 14.7. The summed E-state index contributed by atoms with van der Waals surface area (Å²) in [5.74, 6) is 1.20. The minimum atomic E-state index is 0.472. The van der Waals surface area contributed by atoms with Crippen molar-refractivity contribution in [1.82, 2.24) is 9.97 Å². The second kappa shape index (κ2) is 6.92. The third-order valence-corrected chi connectivity index (χ3v) is 4.91. The summed E-state index contributed by atoms with van der Waals surface area (Å²) in [6.07, 6.45) is 2.93. The first kappa shape index (κ1) is 15.8. The Balaban J connectivity index is 2.42. The van der Waals surface area contributed by atoms with Crippen LogP contribution in [0.25, 0.3) is 11.4 Å². The van der Waals surface area contributed by atoms with E-state index in [1.807, 2.05) is 12.1 Å². The summed E-state index contributed by atoms with van der Waals surface area (Å²) in [7, 11) is 0. The van der Waals surface area contributed by atoms with Gasteiger partial charge in [-0.3, -0.25) is 0 Å². The van der Waals surface area contributed by atoms with Crippen LogP contribution in [0.5, 0.6) is 0 Å². The number of benzene rings is 1. The van der Waals surface area contributed by atoms with E-state index in [1.54, 1.807) is 11.8 Å². The Labute approximate surface area is 137 Å². The van der Waals surface area contributed by atoms with E-state index in [9.17, 15) is 0 Å². The van der Waals surface area contributed by atoms with Crippen LogP contribution in [0.3, 0.4) is 0 Å². The van der Waals surface area contributed by atoms with Gasteiger partial charge in [0.25, 0.3) is 0 Å². The van der Waals surface area contributed by atoms with Crippen molar-refractivity contribution in [3.8, 4) is 11.4 Å². The normalized spacial score (nSPS) is 11.1. The van der Waals surface area contributed by atoms with Crippen LogP contribution in [0.15, 0.2) is 33.6 Å². The minimum Gasteiger partial charge on any atom is -0.232 e. The SMILES string of the molecule is CSc1ccc(-c2nc(Cl)c(Br)c(CC(C)C)n2)cc1. The van der Waals surface area contributed by atoms with Crippen molar-refractivity contribution in [1.29, 1.82) is 0 Å². The van der Waals surface area contributed by atoms with Crippen molar-refractivity contribution in [3.05, 3.63) is 39.6 Å². The predicted octanol–water partition coefficient (Wildman–Crippen LogP) is 5.48. The van der Waals surface area contributed by atoms with Gasteiger partial charge in [-0.15, -0.1) is 11.8 Å². The zero-order valence-electron chi connectivity index (χ0n) is 11.7. The number of halogens is 2. The highest BCUT2D eigenvalue weighted by Crippen LogP contribution is 2.29. The molecule has 0 saturated carbocycles. The molecule has 0 aliphatic heterocycles. The number of nitrogens with zero attached hydrogens (tertiary/aromatic N) is 2. The first-order chi connectivity index (χ1) is 9.51. The number of rotatable bonds is 4. The van der Waals surface area contributed by atoms with Crippen LogP contribution in [0.2, 0.25) is 5.15 Å². The van der Waals surface area contributed by atoms with Crippen LogP contribution >= 0.6 is 39.3 Å². The molecule has 2 aromatic rings. The molecule has 0 radical (unpaired) electrons. The second-order valence-electron chi connectivity index (χ2n) is 4.93. The molecule has 0 fully saturated rings. The Morgan fingerprint density at radius 3 is 2.40 bits per heavy atom. The molecule has 0 aliphatic carbocycles. The Hall–Kier alpha value is -0.580. The van der Waals surface area contributed by atoms with Crippen LogP contribution < -0.4 is 0 Å². The molecule has 0 bridgehead atoms. The number of aromatic nitrogens is 2. The van der Waals surface area contributed by atoms with Crippen LogP contribution in [-0.4, -0.2) is 16.2 Å². The molecular formula is C15H16BrClN2S. The van der Waals surface area contributed by atoms with E-state index in [1.165, 1.54) is 4.90 Å². The molecule has 0 aliphatic rings. The van der Waals surface area contributed by atoms with Crippen LogP contribution in [-0.2, 0) is 6.42 Å². The van der Waals surface area contributed by atoms with Gasteiger partial charge in [-0.1, -0.05) is 37.6 Å². The molecule has 0 atom stereocenters. The van der Waals surface area contributed by atoms with E-state index in [0.717, 1.165) is 22.2 Å². The highest BCUT2D eigenvalue weighted by atomic mass is 79.9. The molecule has 0 saturated heterocycles. The molecule has 5 heteroatoms. The summed E-state index contributed by atoms with van der Waals surface area (Å²) in [5.41, 5.74) is 1.95. The number of hydrogen-bond acceptors (Lipinski definition) is 3. The summed E-state index contributed by atoms with van der Waals surface area (Å²) in [6, 6.07) is 8.21. The summed E-state index contributed by atoms with van der Waals surface area (Å²) in [5, 5.41) is 0.472. The van der Waals surface area contributed by atoms with Gasteiger partial charge in [-0.2, -0.15) is 0 Å². The fraction of sp³-hybridized carbons (Fsp3) is 0.333. The van der Waals surface area contributed by atoms with Crippen molar-refractivity contribution in [3.63, 3.8) is 0 Å². The van der Waals surface area contributed by atoms with Gasteiger partial charge >= 0.3 is 0 Å². The van der Waals surface area contributed by atoms with Crippen molar-refractivity contribution in [2.75, 3.05) is 6.26 Å². The summed E-state index contributed by atoms with van der Waals surface area (Å²) in [6.45, 7) is 4.32. The van der Waals surface area contributed by atoms with Gasteiger partial charge in [0, 0.05) is 10.5 Å². The molecule has 2 rings (SSSR count). The topological polar surface area (TPSA) is 25.8 Å². The van der Waals surface area contributed by atoms with Crippen molar-refractivity contribution in [2.45, 2.75) is 25.2 Å². The molecule has 1 aromatic heterocycles. The van der Waals surface area contributed by atoms with Crippen LogP contribution in [0.4, 0.5) is 0 Å². The van der Waals surface area contributed by atoms with Gasteiger partial charge in [0.15, 0.2) is 5.82 Å². The van der Waals surface area contributed by atoms with E-state index in [4.69, 9.17) is 11.6 Å². The van der Waals surface area contributed by atoms with E-state index in [2.05, 4.69) is 58.1 Å². The Bertz CT molecular complexity index is 600. The number of thioether (sulfide) groups is 1. The highest BCUT2D eigenvalue weighted by molar-refractivity contribution is 9.10. The quantitative estimate of drug-likeness (QED) is 0.525. The Kier molecular flexibility index (Phi) is 5.47. The second-order valence-corrected chi connectivity index (χ2v) is 6.96. The molecule has 20 heavy (non-hydrogen) atoms. The van der Waals surface area contributed by atoms with E-state index in [0.29, 0.717) is 16.9 Å². The molecule has 1 aromatic carbocycles. The third kappa shape index (κ3) is 3.74. The maximum atomic E-state index is 6.21. The lowest BCUT2D eigenvalue weighted by Gasteiger charge is -2.10. The van der Waals surface area contributed by atoms with Crippen molar-refractivity contribution < 1.29 is 0 Å². The van der Waals surface area contributed by atoms with Gasteiger partial charge in [0.2, 0.25) is 0 Å². The fourth-order valence-corrected chi connectivity index (χ4v) is 2.79. The van der Waals surface area contributed by atoms with Crippen LogP contribution in [0, 0.1) is 5.92 Å². The molecule has 1 heterocycles. The lowest BCUT2D eigenvalue weighted by Crippen LogP contribution is -2.02. The molecular weight excluding hydrogens is 356 g/mol. The van der Waals surface area contributed by atoms with Crippen LogP contribution in [0.1, 0.15) is 19.5 Å². The standard InChI is InChI=1S/C15H16BrClN2S/c1-9(2)8-12-13(16)14(17)19-15(18-12)10-4-6-11(20-3)7-5-10/h4-7,9H,8H2,1-3H3. The van der Waals surface area contributed by atoms with E-state index < -0.39 is 0 Å². The first-order valence-corrected chi connectivity index (χ1v) is 8.77. The van der Waals surface area contributed by atoms with Crippen molar-refractivity contribution >= 4 is 39.3 Å². The monoisotopic (exact) mass is 370 g/mol. The molecule has 0 spiro atoms. The largest absolute Gasteiger partial charge is 0.232 e. The van der Waals surface area contributed by atoms with Gasteiger partial charge in [0.05, 0.1) is 10.2 Å². The van der Waals surface area contributed by atoms with Crippen molar-refractivity contribution in [2.24, 2.45) is 5.92 Å².